The Kier molecular flexibility index (Phi) is 4.68. The van der Waals surface area contributed by atoms with Crippen LogP contribution in [0.4, 0.5) is 5.69 Å². The van der Waals surface area contributed by atoms with Crippen molar-refractivity contribution in [2.24, 2.45) is 0 Å². The van der Waals surface area contributed by atoms with Crippen LogP contribution in [0.1, 0.15) is 0 Å². The number of rotatable bonds is 3. The topological polar surface area (TPSA) is 12.0 Å². The molecule has 18 heavy (non-hydrogen) atoms. The molecule has 2 rings (SSSR count). The van der Waals surface area contributed by atoms with Crippen LogP contribution < -0.4 is 5.32 Å². The third-order valence-corrected chi connectivity index (χ3v) is 4.65. The van der Waals surface area contributed by atoms with Gasteiger partial charge in [0.25, 0.3) is 0 Å². The molecule has 0 amide bonds. The van der Waals surface area contributed by atoms with Crippen LogP contribution in [-0.2, 0) is 0 Å². The second-order valence-electron chi connectivity index (χ2n) is 3.54. The van der Waals surface area contributed by atoms with Crippen molar-refractivity contribution in [3.63, 3.8) is 0 Å². The Balaban J connectivity index is 2.39. The van der Waals surface area contributed by atoms with Gasteiger partial charge in [-0.3, -0.25) is 0 Å². The van der Waals surface area contributed by atoms with E-state index >= 15 is 0 Å². The van der Waals surface area contributed by atoms with Crippen molar-refractivity contribution in [2.75, 3.05) is 12.4 Å². The van der Waals surface area contributed by atoms with Gasteiger partial charge in [-0.2, -0.15) is 0 Å². The monoisotopic (exact) mass is 317 g/mol. The predicted molar refractivity (Wildman–Crippen MR) is 81.6 cm³/mol. The summed E-state index contributed by atoms with van der Waals surface area (Å²) in [5.74, 6) is 0. The normalized spacial score (nSPS) is 10.4. The minimum atomic E-state index is 0.620. The number of nitrogens with one attached hydrogen (secondary N) is 1. The van der Waals surface area contributed by atoms with Crippen LogP contribution in [0.3, 0.4) is 0 Å². The molecule has 94 valence electrons. The van der Waals surface area contributed by atoms with Crippen molar-refractivity contribution in [1.82, 2.24) is 0 Å². The van der Waals surface area contributed by atoms with E-state index in [0.29, 0.717) is 15.1 Å². The SMILES string of the molecule is CNc1cccc(Cl)c1Sc1ccc(Cl)cc1Cl. The Labute approximate surface area is 125 Å². The summed E-state index contributed by atoms with van der Waals surface area (Å²) >= 11 is 19.8. The summed E-state index contributed by atoms with van der Waals surface area (Å²) in [4.78, 5) is 1.87. The van der Waals surface area contributed by atoms with Gasteiger partial charge >= 0.3 is 0 Å². The van der Waals surface area contributed by atoms with Crippen LogP contribution in [0, 0.1) is 0 Å². The highest BCUT2D eigenvalue weighted by Crippen LogP contribution is 2.41. The highest BCUT2D eigenvalue weighted by atomic mass is 35.5. The first-order chi connectivity index (χ1) is 8.61. The molecule has 0 bridgehead atoms. The molecule has 2 aromatic rings. The van der Waals surface area contributed by atoms with Crippen LogP contribution in [0.5, 0.6) is 0 Å². The van der Waals surface area contributed by atoms with E-state index < -0.39 is 0 Å². The van der Waals surface area contributed by atoms with Gasteiger partial charge in [0.15, 0.2) is 0 Å². The molecule has 0 aromatic heterocycles. The van der Waals surface area contributed by atoms with Crippen molar-refractivity contribution < 1.29 is 0 Å². The van der Waals surface area contributed by atoms with Gasteiger partial charge in [-0.05, 0) is 30.3 Å². The molecule has 0 heterocycles. The lowest BCUT2D eigenvalue weighted by atomic mass is 10.3. The van der Waals surface area contributed by atoms with E-state index in [2.05, 4.69) is 5.32 Å². The molecule has 0 atom stereocenters. The van der Waals surface area contributed by atoms with Crippen molar-refractivity contribution in [3.05, 3.63) is 51.5 Å². The van der Waals surface area contributed by atoms with Crippen molar-refractivity contribution >= 4 is 52.3 Å². The summed E-state index contributed by atoms with van der Waals surface area (Å²) in [6.45, 7) is 0. The molecule has 0 unspecified atom stereocenters. The Morgan fingerprint density at radius 2 is 1.78 bits per heavy atom. The predicted octanol–water partition coefficient (Wildman–Crippen LogP) is 5.84. The van der Waals surface area contributed by atoms with Crippen LogP contribution in [0.15, 0.2) is 46.2 Å². The first kappa shape index (κ1) is 13.9. The Bertz CT molecular complexity index is 572. The van der Waals surface area contributed by atoms with E-state index in [9.17, 15) is 0 Å². The summed E-state index contributed by atoms with van der Waals surface area (Å²) in [5, 5.41) is 5.05. The Morgan fingerprint density at radius 1 is 1.00 bits per heavy atom. The fraction of sp³-hybridized carbons (Fsp3) is 0.0769. The summed E-state index contributed by atoms with van der Waals surface area (Å²) in [6, 6.07) is 11.2. The highest BCUT2D eigenvalue weighted by Gasteiger charge is 2.10. The smallest absolute Gasteiger partial charge is 0.0566 e. The van der Waals surface area contributed by atoms with E-state index in [1.54, 1.807) is 6.07 Å². The lowest BCUT2D eigenvalue weighted by molar-refractivity contribution is 1.36. The number of hydrogen-bond acceptors (Lipinski definition) is 2. The molecule has 2 aromatic carbocycles. The third-order valence-electron chi connectivity index (χ3n) is 2.34. The number of hydrogen-bond donors (Lipinski definition) is 1. The Morgan fingerprint density at radius 3 is 2.44 bits per heavy atom. The second-order valence-corrected chi connectivity index (χ2v) is 5.85. The van der Waals surface area contributed by atoms with Gasteiger partial charge in [0.1, 0.15) is 0 Å². The van der Waals surface area contributed by atoms with Crippen LogP contribution >= 0.6 is 46.6 Å². The fourth-order valence-electron chi connectivity index (χ4n) is 1.48. The number of anilines is 1. The lowest BCUT2D eigenvalue weighted by Crippen LogP contribution is -1.91. The maximum atomic E-state index is 6.21. The third kappa shape index (κ3) is 3.07. The first-order valence-corrected chi connectivity index (χ1v) is 7.16. The molecular weight excluding hydrogens is 309 g/mol. The van der Waals surface area contributed by atoms with E-state index in [1.165, 1.54) is 11.8 Å². The van der Waals surface area contributed by atoms with Crippen molar-refractivity contribution in [3.8, 4) is 0 Å². The number of halogens is 3. The van der Waals surface area contributed by atoms with Crippen LogP contribution in [-0.4, -0.2) is 7.05 Å². The van der Waals surface area contributed by atoms with E-state index in [-0.39, 0.29) is 0 Å². The molecule has 1 N–H and O–H groups in total. The van der Waals surface area contributed by atoms with Gasteiger partial charge < -0.3 is 5.32 Å². The number of benzene rings is 2. The van der Waals surface area contributed by atoms with Gasteiger partial charge in [0, 0.05) is 22.7 Å². The van der Waals surface area contributed by atoms with Gasteiger partial charge in [-0.25, -0.2) is 0 Å². The lowest BCUT2D eigenvalue weighted by Gasteiger charge is -2.11. The van der Waals surface area contributed by atoms with Crippen LogP contribution in [0.25, 0.3) is 0 Å². The molecule has 0 saturated heterocycles. The van der Waals surface area contributed by atoms with Gasteiger partial charge in [0.2, 0.25) is 0 Å². The molecule has 0 saturated carbocycles. The van der Waals surface area contributed by atoms with Crippen molar-refractivity contribution in [1.29, 1.82) is 0 Å². The highest BCUT2D eigenvalue weighted by molar-refractivity contribution is 7.99. The first-order valence-electron chi connectivity index (χ1n) is 5.21. The summed E-state index contributed by atoms with van der Waals surface area (Å²) < 4.78 is 0. The van der Waals surface area contributed by atoms with Gasteiger partial charge in [-0.15, -0.1) is 0 Å². The van der Waals surface area contributed by atoms with Crippen molar-refractivity contribution in [2.45, 2.75) is 9.79 Å². The molecule has 0 aliphatic heterocycles. The maximum Gasteiger partial charge on any atom is 0.0566 e. The molecule has 0 aliphatic carbocycles. The van der Waals surface area contributed by atoms with E-state index in [0.717, 1.165) is 15.5 Å². The van der Waals surface area contributed by atoms with E-state index in [1.807, 2.05) is 37.4 Å². The Hall–Kier alpha value is -0.540. The maximum absolute atomic E-state index is 6.21. The minimum Gasteiger partial charge on any atom is -0.387 e. The van der Waals surface area contributed by atoms with Gasteiger partial charge in [0.05, 0.1) is 14.9 Å². The molecular formula is C13H10Cl3NS. The van der Waals surface area contributed by atoms with Crippen LogP contribution in [0.2, 0.25) is 15.1 Å². The average Bonchev–Trinajstić information content (AvgIpc) is 2.34. The summed E-state index contributed by atoms with van der Waals surface area (Å²) in [7, 11) is 1.86. The zero-order valence-electron chi connectivity index (χ0n) is 9.51. The summed E-state index contributed by atoms with van der Waals surface area (Å²) in [6.07, 6.45) is 0. The molecule has 0 spiro atoms. The standard InChI is InChI=1S/C13H10Cl3NS/c1-17-11-4-2-3-9(15)13(11)18-12-6-5-8(14)7-10(12)16/h2-7,17H,1H3. The summed E-state index contributed by atoms with van der Waals surface area (Å²) in [5.41, 5.74) is 0.971. The second kappa shape index (κ2) is 6.07. The quantitative estimate of drug-likeness (QED) is 0.763. The van der Waals surface area contributed by atoms with Gasteiger partial charge in [-0.1, -0.05) is 52.6 Å². The molecule has 1 nitrogen and oxygen atoms in total. The fourth-order valence-corrected chi connectivity index (χ4v) is 3.25. The minimum absolute atomic E-state index is 0.620. The van der Waals surface area contributed by atoms with E-state index in [4.69, 9.17) is 34.8 Å². The molecule has 0 aliphatic rings. The molecule has 5 heteroatoms. The molecule has 0 fully saturated rings. The average molecular weight is 319 g/mol. The largest absolute Gasteiger partial charge is 0.387 e. The zero-order valence-corrected chi connectivity index (χ0v) is 12.6. The zero-order chi connectivity index (χ0) is 13.1. The molecule has 0 radical (unpaired) electrons.